The van der Waals surface area contributed by atoms with E-state index < -0.39 is 11.7 Å². The summed E-state index contributed by atoms with van der Waals surface area (Å²) in [6.07, 6.45) is 0.661. The lowest BCUT2D eigenvalue weighted by Gasteiger charge is -2.10. The van der Waals surface area contributed by atoms with Crippen LogP contribution in [0.3, 0.4) is 0 Å². The number of amides is 1. The first-order chi connectivity index (χ1) is 13.8. The Morgan fingerprint density at radius 2 is 1.90 bits per heavy atom. The Morgan fingerprint density at radius 1 is 1.17 bits per heavy atom. The molecule has 1 fully saturated rings. The number of carbonyl (C=O) groups is 1. The van der Waals surface area contributed by atoms with Crippen molar-refractivity contribution in [2.45, 2.75) is 19.5 Å². The van der Waals surface area contributed by atoms with Crippen molar-refractivity contribution >= 4 is 17.4 Å². The van der Waals surface area contributed by atoms with Crippen molar-refractivity contribution in [3.8, 4) is 11.6 Å². The molecule has 1 aliphatic heterocycles. The zero-order valence-electron chi connectivity index (χ0n) is 15.3. The van der Waals surface area contributed by atoms with Crippen LogP contribution in [-0.2, 0) is 11.0 Å². The zero-order valence-corrected chi connectivity index (χ0v) is 15.3. The van der Waals surface area contributed by atoms with Crippen LogP contribution in [-0.4, -0.2) is 32.6 Å². The second-order valence-electron chi connectivity index (χ2n) is 6.18. The third kappa shape index (κ3) is 5.27. The number of halogens is 3. The molecular formula is C18H17F3N6O2. The number of hydrogen-bond donors (Lipinski definition) is 2. The van der Waals surface area contributed by atoms with Crippen molar-refractivity contribution in [3.05, 3.63) is 48.6 Å². The van der Waals surface area contributed by atoms with Crippen LogP contribution in [0.2, 0.25) is 0 Å². The van der Waals surface area contributed by atoms with Crippen molar-refractivity contribution in [2.24, 2.45) is 5.92 Å². The SMILES string of the molecule is CC1CCNC1=O.FC(F)(F)c1ccc(Nc2nccnc2-c2nnco2)cc1. The van der Waals surface area contributed by atoms with E-state index in [1.165, 1.54) is 24.5 Å². The van der Waals surface area contributed by atoms with Crippen molar-refractivity contribution in [2.75, 3.05) is 11.9 Å². The standard InChI is InChI=1S/C13H8F3N5O.C5H9NO/c14-13(15,16)8-1-3-9(4-2-8)20-11-10(17-5-6-18-11)12-21-19-7-22-12;1-4-2-3-6-5(4)7/h1-7H,(H,18,20);4H,2-3H2,1H3,(H,6,7). The van der Waals surface area contributed by atoms with Gasteiger partial charge < -0.3 is 15.1 Å². The van der Waals surface area contributed by atoms with E-state index in [0.29, 0.717) is 17.2 Å². The Bertz CT molecular complexity index is 945. The molecule has 2 N–H and O–H groups in total. The molecule has 1 aliphatic rings. The predicted octanol–water partition coefficient (Wildman–Crippen LogP) is 3.43. The Balaban J connectivity index is 0.000000290. The molecule has 1 saturated heterocycles. The topological polar surface area (TPSA) is 106 Å². The molecule has 3 aromatic rings. The van der Waals surface area contributed by atoms with Gasteiger partial charge in [0, 0.05) is 30.5 Å². The van der Waals surface area contributed by atoms with Gasteiger partial charge in [0.15, 0.2) is 11.5 Å². The number of anilines is 2. The molecule has 4 rings (SSSR count). The number of nitrogens with one attached hydrogen (secondary N) is 2. The quantitative estimate of drug-likeness (QED) is 0.686. The molecule has 2 aromatic heterocycles. The highest BCUT2D eigenvalue weighted by Gasteiger charge is 2.30. The van der Waals surface area contributed by atoms with Crippen LogP contribution in [0.25, 0.3) is 11.6 Å². The van der Waals surface area contributed by atoms with E-state index in [0.717, 1.165) is 31.5 Å². The number of hydrogen-bond acceptors (Lipinski definition) is 7. The third-order valence-corrected chi connectivity index (χ3v) is 4.06. The summed E-state index contributed by atoms with van der Waals surface area (Å²) in [4.78, 5) is 18.6. The Kier molecular flexibility index (Phi) is 6.05. The van der Waals surface area contributed by atoms with E-state index in [9.17, 15) is 18.0 Å². The Hall–Kier alpha value is -3.50. The zero-order chi connectivity index (χ0) is 20.9. The maximum atomic E-state index is 12.5. The molecular weight excluding hydrogens is 389 g/mol. The highest BCUT2D eigenvalue weighted by atomic mass is 19.4. The number of nitrogens with zero attached hydrogens (tertiary/aromatic N) is 4. The molecule has 1 aromatic carbocycles. The van der Waals surface area contributed by atoms with Gasteiger partial charge in [-0.3, -0.25) is 4.79 Å². The van der Waals surface area contributed by atoms with Gasteiger partial charge in [0.25, 0.3) is 5.89 Å². The van der Waals surface area contributed by atoms with Crippen LogP contribution >= 0.6 is 0 Å². The summed E-state index contributed by atoms with van der Waals surface area (Å²) in [7, 11) is 0. The fourth-order valence-corrected chi connectivity index (χ4v) is 2.46. The summed E-state index contributed by atoms with van der Waals surface area (Å²) in [5.74, 6) is 0.925. The van der Waals surface area contributed by atoms with Crippen LogP contribution in [0.4, 0.5) is 24.7 Å². The van der Waals surface area contributed by atoms with E-state index in [-0.39, 0.29) is 17.7 Å². The first-order valence-electron chi connectivity index (χ1n) is 8.64. The smallest absolute Gasteiger partial charge is 0.416 e. The summed E-state index contributed by atoms with van der Waals surface area (Å²) in [6.45, 7) is 2.82. The summed E-state index contributed by atoms with van der Waals surface area (Å²) < 4.78 is 42.6. The maximum absolute atomic E-state index is 12.5. The van der Waals surface area contributed by atoms with Gasteiger partial charge in [0.2, 0.25) is 12.3 Å². The summed E-state index contributed by atoms with van der Waals surface area (Å²) >= 11 is 0. The van der Waals surface area contributed by atoms with Gasteiger partial charge in [-0.25, -0.2) is 9.97 Å². The van der Waals surface area contributed by atoms with Crippen LogP contribution in [0.5, 0.6) is 0 Å². The number of aromatic nitrogens is 4. The molecule has 152 valence electrons. The number of alkyl halides is 3. The fourth-order valence-electron chi connectivity index (χ4n) is 2.46. The van der Waals surface area contributed by atoms with E-state index >= 15 is 0 Å². The highest BCUT2D eigenvalue weighted by Crippen LogP contribution is 2.31. The minimum atomic E-state index is -4.37. The van der Waals surface area contributed by atoms with Gasteiger partial charge in [-0.05, 0) is 30.7 Å². The first-order valence-corrected chi connectivity index (χ1v) is 8.64. The van der Waals surface area contributed by atoms with Crippen molar-refractivity contribution < 1.29 is 22.4 Å². The molecule has 3 heterocycles. The normalized spacial score (nSPS) is 16.0. The molecule has 0 saturated carbocycles. The van der Waals surface area contributed by atoms with Crippen LogP contribution < -0.4 is 10.6 Å². The monoisotopic (exact) mass is 406 g/mol. The van der Waals surface area contributed by atoms with Gasteiger partial charge in [-0.2, -0.15) is 13.2 Å². The molecule has 8 nitrogen and oxygen atoms in total. The molecule has 0 bridgehead atoms. The lowest BCUT2D eigenvalue weighted by Crippen LogP contribution is -2.16. The largest absolute Gasteiger partial charge is 0.422 e. The second kappa shape index (κ2) is 8.67. The maximum Gasteiger partial charge on any atom is 0.416 e. The number of rotatable bonds is 3. The molecule has 1 amide bonds. The molecule has 0 aliphatic carbocycles. The van der Waals surface area contributed by atoms with Gasteiger partial charge in [-0.15, -0.1) is 10.2 Å². The van der Waals surface area contributed by atoms with E-state index in [1.54, 1.807) is 0 Å². The van der Waals surface area contributed by atoms with E-state index in [1.807, 2.05) is 6.92 Å². The second-order valence-corrected chi connectivity index (χ2v) is 6.18. The van der Waals surface area contributed by atoms with Gasteiger partial charge in [0.05, 0.1) is 5.56 Å². The minimum Gasteiger partial charge on any atom is -0.422 e. The van der Waals surface area contributed by atoms with Gasteiger partial charge in [0.1, 0.15) is 0 Å². The van der Waals surface area contributed by atoms with Crippen LogP contribution in [0.1, 0.15) is 18.9 Å². The number of carbonyl (C=O) groups excluding carboxylic acids is 1. The van der Waals surface area contributed by atoms with Crippen molar-refractivity contribution in [3.63, 3.8) is 0 Å². The summed E-state index contributed by atoms with van der Waals surface area (Å²) in [5, 5.41) is 12.9. The molecule has 11 heteroatoms. The van der Waals surface area contributed by atoms with E-state index in [4.69, 9.17) is 4.42 Å². The van der Waals surface area contributed by atoms with E-state index in [2.05, 4.69) is 30.8 Å². The average Bonchev–Trinajstić information content (AvgIpc) is 3.35. The lowest BCUT2D eigenvalue weighted by molar-refractivity contribution is -0.137. The van der Waals surface area contributed by atoms with Gasteiger partial charge >= 0.3 is 6.18 Å². The highest BCUT2D eigenvalue weighted by molar-refractivity contribution is 5.80. The predicted molar refractivity (Wildman–Crippen MR) is 96.8 cm³/mol. The third-order valence-electron chi connectivity index (χ3n) is 4.06. The fraction of sp³-hybridized carbons (Fsp3) is 0.278. The van der Waals surface area contributed by atoms with Crippen LogP contribution in [0.15, 0.2) is 47.5 Å². The Labute approximate surface area is 163 Å². The minimum absolute atomic E-state index is 0.155. The average molecular weight is 406 g/mol. The number of benzene rings is 1. The molecule has 29 heavy (non-hydrogen) atoms. The van der Waals surface area contributed by atoms with Crippen molar-refractivity contribution in [1.29, 1.82) is 0 Å². The first kappa shape index (κ1) is 20.2. The Morgan fingerprint density at radius 3 is 2.41 bits per heavy atom. The van der Waals surface area contributed by atoms with Gasteiger partial charge in [-0.1, -0.05) is 6.92 Å². The molecule has 1 atom stereocenters. The summed E-state index contributed by atoms with van der Waals surface area (Å²) in [5.41, 5.74) is 0.00323. The van der Waals surface area contributed by atoms with Crippen LogP contribution in [0, 0.1) is 5.92 Å². The molecule has 0 radical (unpaired) electrons. The summed E-state index contributed by atoms with van der Waals surface area (Å²) in [6, 6.07) is 4.56. The molecule has 0 spiro atoms. The molecule has 1 unspecified atom stereocenters. The lowest BCUT2D eigenvalue weighted by atomic mass is 10.1. The van der Waals surface area contributed by atoms with Crippen molar-refractivity contribution in [1.82, 2.24) is 25.5 Å².